The van der Waals surface area contributed by atoms with Crippen molar-refractivity contribution in [1.29, 1.82) is 0 Å². The summed E-state index contributed by atoms with van der Waals surface area (Å²) in [6.07, 6.45) is 2.60. The number of hydrogen-bond acceptors (Lipinski definition) is 3. The molecule has 1 heterocycles. The van der Waals surface area contributed by atoms with E-state index < -0.39 is 0 Å². The molecule has 1 aliphatic heterocycles. The summed E-state index contributed by atoms with van der Waals surface area (Å²) in [5.41, 5.74) is 0.939. The quantitative estimate of drug-likeness (QED) is 0.882. The number of amides is 2. The lowest BCUT2D eigenvalue weighted by molar-refractivity contribution is -0.132. The van der Waals surface area contributed by atoms with Crippen molar-refractivity contribution in [1.82, 2.24) is 15.1 Å². The van der Waals surface area contributed by atoms with Gasteiger partial charge in [-0.15, -0.1) is 0 Å². The fourth-order valence-electron chi connectivity index (χ4n) is 2.79. The minimum Gasteiger partial charge on any atom is -0.352 e. The van der Waals surface area contributed by atoms with E-state index in [9.17, 15) is 9.59 Å². The molecule has 5 nitrogen and oxygen atoms in total. The maximum Gasteiger partial charge on any atom is 0.234 e. The van der Waals surface area contributed by atoms with E-state index in [1.807, 2.05) is 23.1 Å². The molecule has 1 saturated carbocycles. The van der Waals surface area contributed by atoms with Gasteiger partial charge in [0.15, 0.2) is 0 Å². The van der Waals surface area contributed by atoms with Gasteiger partial charge in [0.25, 0.3) is 0 Å². The summed E-state index contributed by atoms with van der Waals surface area (Å²) in [6.45, 7) is 3.29. The summed E-state index contributed by atoms with van der Waals surface area (Å²) in [7, 11) is 0. The SMILES string of the molecule is O=C(CN1CCN(C(=O)Cc2cccc(Cl)c2)CC1)NC1CC1. The smallest absolute Gasteiger partial charge is 0.234 e. The Balaban J connectivity index is 1.42. The topological polar surface area (TPSA) is 52.7 Å². The Morgan fingerprint density at radius 2 is 1.91 bits per heavy atom. The minimum atomic E-state index is 0.103. The Kier molecular flexibility index (Phi) is 5.18. The molecular weight excluding hydrogens is 314 g/mol. The van der Waals surface area contributed by atoms with Gasteiger partial charge < -0.3 is 10.2 Å². The van der Waals surface area contributed by atoms with E-state index in [1.54, 1.807) is 6.07 Å². The van der Waals surface area contributed by atoms with E-state index in [-0.39, 0.29) is 11.8 Å². The predicted octanol–water partition coefficient (Wildman–Crippen LogP) is 1.31. The first-order valence-corrected chi connectivity index (χ1v) is 8.52. The molecule has 1 saturated heterocycles. The van der Waals surface area contributed by atoms with Gasteiger partial charge in [-0.25, -0.2) is 0 Å². The molecule has 0 aromatic heterocycles. The average Bonchev–Trinajstić information content (AvgIpc) is 3.31. The molecule has 124 valence electrons. The maximum absolute atomic E-state index is 12.3. The number of rotatable bonds is 5. The zero-order chi connectivity index (χ0) is 16.2. The Bertz CT molecular complexity index is 581. The largest absolute Gasteiger partial charge is 0.352 e. The third-order valence-corrected chi connectivity index (χ3v) is 4.51. The van der Waals surface area contributed by atoms with Crippen LogP contribution in [0.4, 0.5) is 0 Å². The van der Waals surface area contributed by atoms with Crippen LogP contribution in [0.5, 0.6) is 0 Å². The van der Waals surface area contributed by atoms with Gasteiger partial charge in [0.1, 0.15) is 0 Å². The molecule has 0 atom stereocenters. The van der Waals surface area contributed by atoms with Crippen molar-refractivity contribution in [2.75, 3.05) is 32.7 Å². The van der Waals surface area contributed by atoms with Gasteiger partial charge in [-0.2, -0.15) is 0 Å². The Hall–Kier alpha value is -1.59. The molecule has 2 fully saturated rings. The van der Waals surface area contributed by atoms with E-state index in [2.05, 4.69) is 10.2 Å². The summed E-state index contributed by atoms with van der Waals surface area (Å²) in [5.74, 6) is 0.223. The molecule has 3 rings (SSSR count). The van der Waals surface area contributed by atoms with Crippen LogP contribution < -0.4 is 5.32 Å². The Morgan fingerprint density at radius 1 is 1.17 bits per heavy atom. The number of nitrogens with one attached hydrogen (secondary N) is 1. The van der Waals surface area contributed by atoms with Crippen LogP contribution in [0, 0.1) is 0 Å². The summed E-state index contributed by atoms with van der Waals surface area (Å²) in [5, 5.41) is 3.65. The Morgan fingerprint density at radius 3 is 2.57 bits per heavy atom. The van der Waals surface area contributed by atoms with Crippen LogP contribution in [0.2, 0.25) is 5.02 Å². The second-order valence-electron chi connectivity index (χ2n) is 6.31. The van der Waals surface area contributed by atoms with Gasteiger partial charge in [-0.1, -0.05) is 23.7 Å². The molecule has 1 aliphatic carbocycles. The minimum absolute atomic E-state index is 0.103. The highest BCUT2D eigenvalue weighted by atomic mass is 35.5. The number of halogens is 1. The molecule has 1 aromatic rings. The van der Waals surface area contributed by atoms with E-state index >= 15 is 0 Å². The van der Waals surface area contributed by atoms with E-state index in [4.69, 9.17) is 11.6 Å². The molecule has 6 heteroatoms. The fourth-order valence-corrected chi connectivity index (χ4v) is 3.01. The number of nitrogens with zero attached hydrogens (tertiary/aromatic N) is 2. The summed E-state index contributed by atoms with van der Waals surface area (Å²) < 4.78 is 0. The molecule has 0 unspecified atom stereocenters. The van der Waals surface area contributed by atoms with Crippen LogP contribution in [0.1, 0.15) is 18.4 Å². The number of benzene rings is 1. The van der Waals surface area contributed by atoms with Crippen molar-refractivity contribution >= 4 is 23.4 Å². The van der Waals surface area contributed by atoms with E-state index in [0.717, 1.165) is 31.5 Å². The van der Waals surface area contributed by atoms with Crippen molar-refractivity contribution in [3.8, 4) is 0 Å². The lowest BCUT2D eigenvalue weighted by Gasteiger charge is -2.34. The third kappa shape index (κ3) is 4.94. The van der Waals surface area contributed by atoms with Gasteiger partial charge in [0.05, 0.1) is 13.0 Å². The molecule has 2 amide bonds. The lowest BCUT2D eigenvalue weighted by atomic mass is 10.1. The normalized spacial score (nSPS) is 18.7. The summed E-state index contributed by atoms with van der Waals surface area (Å²) in [4.78, 5) is 28.1. The molecule has 2 aliphatic rings. The molecule has 0 radical (unpaired) electrons. The van der Waals surface area contributed by atoms with Crippen molar-refractivity contribution in [2.45, 2.75) is 25.3 Å². The number of hydrogen-bond donors (Lipinski definition) is 1. The van der Waals surface area contributed by atoms with E-state index in [1.165, 1.54) is 0 Å². The van der Waals surface area contributed by atoms with Crippen LogP contribution in [0.3, 0.4) is 0 Å². The molecule has 0 spiro atoms. The standard InChI is InChI=1S/C17H22ClN3O2/c18-14-3-1-2-13(10-14)11-17(23)21-8-6-20(7-9-21)12-16(22)19-15-4-5-15/h1-3,10,15H,4-9,11-12H2,(H,19,22). The van der Waals surface area contributed by atoms with Crippen LogP contribution in [0.25, 0.3) is 0 Å². The van der Waals surface area contributed by atoms with Gasteiger partial charge in [0, 0.05) is 37.2 Å². The molecule has 23 heavy (non-hydrogen) atoms. The van der Waals surface area contributed by atoms with Gasteiger partial charge in [0.2, 0.25) is 11.8 Å². The molecule has 1 aromatic carbocycles. The predicted molar refractivity (Wildman–Crippen MR) is 89.3 cm³/mol. The second-order valence-corrected chi connectivity index (χ2v) is 6.74. The van der Waals surface area contributed by atoms with Crippen LogP contribution in [-0.2, 0) is 16.0 Å². The van der Waals surface area contributed by atoms with Gasteiger partial charge in [-0.3, -0.25) is 14.5 Å². The maximum atomic E-state index is 12.3. The number of carbonyl (C=O) groups excluding carboxylic acids is 2. The highest BCUT2D eigenvalue weighted by molar-refractivity contribution is 6.30. The van der Waals surface area contributed by atoms with Gasteiger partial charge in [-0.05, 0) is 30.5 Å². The fraction of sp³-hybridized carbons (Fsp3) is 0.529. The monoisotopic (exact) mass is 335 g/mol. The van der Waals surface area contributed by atoms with Crippen LogP contribution in [0.15, 0.2) is 24.3 Å². The zero-order valence-corrected chi connectivity index (χ0v) is 13.9. The first kappa shape index (κ1) is 16.3. The third-order valence-electron chi connectivity index (χ3n) is 4.28. The summed E-state index contributed by atoms with van der Waals surface area (Å²) in [6, 6.07) is 7.82. The first-order valence-electron chi connectivity index (χ1n) is 8.14. The van der Waals surface area contributed by atoms with Crippen LogP contribution >= 0.6 is 11.6 Å². The molecule has 1 N–H and O–H groups in total. The van der Waals surface area contributed by atoms with Crippen molar-refractivity contribution in [3.05, 3.63) is 34.9 Å². The number of piperazine rings is 1. The number of carbonyl (C=O) groups is 2. The molecular formula is C17H22ClN3O2. The van der Waals surface area contributed by atoms with E-state index in [0.29, 0.717) is 37.1 Å². The lowest BCUT2D eigenvalue weighted by Crippen LogP contribution is -2.51. The Labute approximate surface area is 141 Å². The average molecular weight is 336 g/mol. The van der Waals surface area contributed by atoms with Crippen molar-refractivity contribution < 1.29 is 9.59 Å². The first-order chi connectivity index (χ1) is 11.1. The highest BCUT2D eigenvalue weighted by Gasteiger charge is 2.26. The zero-order valence-electron chi connectivity index (χ0n) is 13.1. The van der Waals surface area contributed by atoms with Crippen molar-refractivity contribution in [3.63, 3.8) is 0 Å². The second kappa shape index (κ2) is 7.32. The van der Waals surface area contributed by atoms with Gasteiger partial charge >= 0.3 is 0 Å². The molecule has 0 bridgehead atoms. The van der Waals surface area contributed by atoms with Crippen LogP contribution in [-0.4, -0.2) is 60.4 Å². The summed E-state index contributed by atoms with van der Waals surface area (Å²) >= 11 is 5.95. The highest BCUT2D eigenvalue weighted by Crippen LogP contribution is 2.18. The van der Waals surface area contributed by atoms with Crippen molar-refractivity contribution in [2.24, 2.45) is 0 Å².